The van der Waals surface area contributed by atoms with Crippen LogP contribution in [0.4, 0.5) is 21.5 Å². The lowest BCUT2D eigenvalue weighted by molar-refractivity contribution is -0.124. The predicted molar refractivity (Wildman–Crippen MR) is 127 cm³/mol. The molecule has 3 amide bonds. The zero-order chi connectivity index (χ0) is 23.2. The molecule has 3 aromatic rings. The van der Waals surface area contributed by atoms with Crippen LogP contribution in [-0.4, -0.2) is 30.0 Å². The van der Waals surface area contributed by atoms with Gasteiger partial charge in [-0.3, -0.25) is 24.2 Å². The first-order valence-electron chi connectivity index (χ1n) is 10.1. The molecule has 1 N–H and O–H groups in total. The van der Waals surface area contributed by atoms with E-state index in [1.54, 1.807) is 54.6 Å². The van der Waals surface area contributed by atoms with E-state index >= 15 is 0 Å². The summed E-state index contributed by atoms with van der Waals surface area (Å²) in [4.78, 5) is 40.9. The number of nitrogens with one attached hydrogen (secondary N) is 1. The molecule has 6 nitrogen and oxygen atoms in total. The van der Waals surface area contributed by atoms with Crippen LogP contribution in [0.3, 0.4) is 0 Å². The fourth-order valence-electron chi connectivity index (χ4n) is 4.20. The minimum atomic E-state index is -1.40. The molecule has 0 saturated carbocycles. The molecule has 2 heterocycles. The van der Waals surface area contributed by atoms with Crippen molar-refractivity contribution in [2.75, 3.05) is 27.4 Å². The van der Waals surface area contributed by atoms with Gasteiger partial charge in [0.1, 0.15) is 12.4 Å². The molecule has 1 saturated heterocycles. The van der Waals surface area contributed by atoms with Gasteiger partial charge in [0, 0.05) is 22.0 Å². The van der Waals surface area contributed by atoms with Crippen molar-refractivity contribution < 1.29 is 18.8 Å². The van der Waals surface area contributed by atoms with Gasteiger partial charge in [0.05, 0.1) is 11.4 Å². The van der Waals surface area contributed by atoms with Crippen LogP contribution < -0.4 is 15.1 Å². The van der Waals surface area contributed by atoms with Gasteiger partial charge in [-0.25, -0.2) is 4.39 Å². The van der Waals surface area contributed by atoms with Crippen molar-refractivity contribution in [2.45, 2.75) is 4.87 Å². The summed E-state index contributed by atoms with van der Waals surface area (Å²) in [6, 6.07) is 19.3. The molecule has 0 radical (unpaired) electrons. The number of hydrogen-bond donors (Lipinski definition) is 1. The summed E-state index contributed by atoms with van der Waals surface area (Å²) in [5.74, 6) is -1.58. The Labute approximate surface area is 198 Å². The van der Waals surface area contributed by atoms with E-state index in [2.05, 4.69) is 5.32 Å². The number of amides is 3. The van der Waals surface area contributed by atoms with Crippen LogP contribution in [0.15, 0.2) is 72.8 Å². The molecular weight excluding hydrogens is 465 g/mol. The second-order valence-electron chi connectivity index (χ2n) is 7.61. The minimum Gasteiger partial charge on any atom is -0.325 e. The van der Waals surface area contributed by atoms with Crippen molar-refractivity contribution in [3.05, 3.63) is 89.2 Å². The van der Waals surface area contributed by atoms with Crippen LogP contribution >= 0.6 is 23.4 Å². The summed E-state index contributed by atoms with van der Waals surface area (Å²) >= 11 is 7.07. The molecule has 3 aromatic carbocycles. The summed E-state index contributed by atoms with van der Waals surface area (Å²) in [7, 11) is 0. The van der Waals surface area contributed by atoms with Gasteiger partial charge in [-0.1, -0.05) is 35.9 Å². The van der Waals surface area contributed by atoms with Crippen molar-refractivity contribution >= 4 is 58.1 Å². The molecule has 0 aliphatic carbocycles. The number of carbonyl (C=O) groups is 3. The molecule has 33 heavy (non-hydrogen) atoms. The van der Waals surface area contributed by atoms with Crippen LogP contribution in [-0.2, 0) is 19.3 Å². The summed E-state index contributed by atoms with van der Waals surface area (Å²) in [5.41, 5.74) is 1.97. The van der Waals surface area contributed by atoms with E-state index in [1.807, 2.05) is 0 Å². The number of thioether (sulfide) groups is 1. The van der Waals surface area contributed by atoms with E-state index in [1.165, 1.54) is 39.8 Å². The van der Waals surface area contributed by atoms with Crippen LogP contribution in [0.25, 0.3) is 0 Å². The van der Waals surface area contributed by atoms with Crippen LogP contribution in [0.2, 0.25) is 5.02 Å². The van der Waals surface area contributed by atoms with E-state index in [0.29, 0.717) is 27.6 Å². The van der Waals surface area contributed by atoms with Gasteiger partial charge in [-0.15, -0.1) is 11.8 Å². The number of carbonyl (C=O) groups excluding carboxylic acids is 3. The minimum absolute atomic E-state index is 0.0569. The molecule has 1 atom stereocenters. The maximum absolute atomic E-state index is 14.0. The van der Waals surface area contributed by atoms with Gasteiger partial charge in [0.25, 0.3) is 5.91 Å². The normalized spacial score (nSPS) is 19.3. The van der Waals surface area contributed by atoms with Gasteiger partial charge >= 0.3 is 0 Å². The van der Waals surface area contributed by atoms with Crippen molar-refractivity contribution in [1.82, 2.24) is 0 Å². The van der Waals surface area contributed by atoms with Gasteiger partial charge < -0.3 is 5.32 Å². The second kappa shape index (κ2) is 8.20. The standard InChI is InChI=1S/C24H17ClFN3O3S/c25-15-8-10-17(11-9-15)27-21(30)13-28-20-7-2-1-6-19(20)24(23(28)32)29(22(31)14-33-24)18-5-3-4-16(26)12-18/h1-12H,13-14H2,(H,27,30). The van der Waals surface area contributed by atoms with Crippen LogP contribution in [0.1, 0.15) is 5.56 Å². The topological polar surface area (TPSA) is 69.7 Å². The molecule has 2 aliphatic heterocycles. The van der Waals surface area contributed by atoms with Crippen molar-refractivity contribution in [3.8, 4) is 0 Å². The molecule has 1 fully saturated rings. The summed E-state index contributed by atoms with van der Waals surface area (Å²) in [6.07, 6.45) is 0. The van der Waals surface area contributed by atoms with E-state index < -0.39 is 22.5 Å². The zero-order valence-electron chi connectivity index (χ0n) is 17.1. The van der Waals surface area contributed by atoms with Crippen molar-refractivity contribution in [3.63, 3.8) is 0 Å². The Morgan fingerprint density at radius 1 is 1.06 bits per heavy atom. The van der Waals surface area contributed by atoms with Crippen molar-refractivity contribution in [2.24, 2.45) is 0 Å². The number of halogens is 2. The SMILES string of the molecule is O=C(CN1C(=O)C2(SCC(=O)N2c2cccc(F)c2)c2ccccc21)Nc1ccc(Cl)cc1. The third-order valence-corrected chi connectivity index (χ3v) is 7.20. The highest BCUT2D eigenvalue weighted by Crippen LogP contribution is 2.55. The number of nitrogens with zero attached hydrogens (tertiary/aromatic N) is 2. The van der Waals surface area contributed by atoms with Crippen LogP contribution in [0, 0.1) is 5.82 Å². The van der Waals surface area contributed by atoms with Gasteiger partial charge in [-0.2, -0.15) is 0 Å². The average molecular weight is 482 g/mol. The number of benzene rings is 3. The number of anilines is 3. The molecule has 0 bridgehead atoms. The highest BCUT2D eigenvalue weighted by molar-refractivity contribution is 8.02. The summed E-state index contributed by atoms with van der Waals surface area (Å²) in [5, 5.41) is 3.30. The Morgan fingerprint density at radius 3 is 2.58 bits per heavy atom. The maximum Gasteiger partial charge on any atom is 0.269 e. The Bertz CT molecular complexity index is 1290. The molecule has 0 aromatic heterocycles. The van der Waals surface area contributed by atoms with Gasteiger partial charge in [0.2, 0.25) is 16.7 Å². The fourth-order valence-corrected chi connectivity index (χ4v) is 5.69. The molecule has 1 unspecified atom stereocenters. The Kier molecular flexibility index (Phi) is 5.34. The quantitative estimate of drug-likeness (QED) is 0.599. The second-order valence-corrected chi connectivity index (χ2v) is 9.21. The molecule has 9 heteroatoms. The molecule has 166 valence electrons. The number of para-hydroxylation sites is 1. The monoisotopic (exact) mass is 481 g/mol. The number of hydrogen-bond acceptors (Lipinski definition) is 4. The maximum atomic E-state index is 14.0. The first-order chi connectivity index (χ1) is 15.9. The number of fused-ring (bicyclic) bond motifs is 2. The smallest absolute Gasteiger partial charge is 0.269 e. The third kappa shape index (κ3) is 3.55. The predicted octanol–water partition coefficient (Wildman–Crippen LogP) is 4.40. The fraction of sp³-hybridized carbons (Fsp3) is 0.125. The molecule has 5 rings (SSSR count). The lowest BCUT2D eigenvalue weighted by Gasteiger charge is -2.33. The molecule has 1 spiro atoms. The Morgan fingerprint density at radius 2 is 1.82 bits per heavy atom. The lowest BCUT2D eigenvalue weighted by Crippen LogP contribution is -2.50. The number of rotatable bonds is 4. The summed E-state index contributed by atoms with van der Waals surface area (Å²) in [6.45, 7) is -0.244. The Hall–Kier alpha value is -3.36. The first kappa shape index (κ1) is 21.5. The van der Waals surface area contributed by atoms with E-state index in [4.69, 9.17) is 11.6 Å². The average Bonchev–Trinajstić information content (AvgIpc) is 3.26. The van der Waals surface area contributed by atoms with E-state index in [9.17, 15) is 18.8 Å². The summed E-state index contributed by atoms with van der Waals surface area (Å²) < 4.78 is 14.0. The van der Waals surface area contributed by atoms with Gasteiger partial charge in [0.15, 0.2) is 0 Å². The van der Waals surface area contributed by atoms with Crippen LogP contribution in [0.5, 0.6) is 0 Å². The zero-order valence-corrected chi connectivity index (χ0v) is 18.7. The molecule has 2 aliphatic rings. The largest absolute Gasteiger partial charge is 0.325 e. The van der Waals surface area contributed by atoms with E-state index in [-0.39, 0.29) is 18.2 Å². The first-order valence-corrected chi connectivity index (χ1v) is 11.5. The molecular formula is C24H17ClFN3O3S. The Balaban J connectivity index is 1.51. The third-order valence-electron chi connectivity index (χ3n) is 5.56. The van der Waals surface area contributed by atoms with E-state index in [0.717, 1.165) is 0 Å². The van der Waals surface area contributed by atoms with Gasteiger partial charge in [-0.05, 0) is 48.5 Å². The highest BCUT2D eigenvalue weighted by Gasteiger charge is 2.61. The lowest BCUT2D eigenvalue weighted by atomic mass is 10.0. The highest BCUT2D eigenvalue weighted by atomic mass is 35.5. The van der Waals surface area contributed by atoms with Crippen molar-refractivity contribution in [1.29, 1.82) is 0 Å².